The van der Waals surface area contributed by atoms with Crippen molar-refractivity contribution in [2.75, 3.05) is 24.7 Å². The number of hydrogen-bond acceptors (Lipinski definition) is 6. The molecule has 5 aromatic rings. The fraction of sp³-hybridized carbons (Fsp3) is 0.231. The molecule has 1 atom stereocenters. The number of morpholine rings is 1. The summed E-state index contributed by atoms with van der Waals surface area (Å²) in [6, 6.07) is 14.8. The van der Waals surface area contributed by atoms with E-state index in [9.17, 15) is 0 Å². The number of aromatic amines is 1. The molecule has 6 rings (SSSR count). The van der Waals surface area contributed by atoms with E-state index in [-0.39, 0.29) is 6.04 Å². The summed E-state index contributed by atoms with van der Waals surface area (Å²) in [4.78, 5) is 17.0. The number of rotatable bonds is 3. The van der Waals surface area contributed by atoms with Crippen molar-refractivity contribution in [3.63, 3.8) is 0 Å². The molecule has 1 saturated heterocycles. The normalized spacial score (nSPS) is 16.5. The Bertz CT molecular complexity index is 1460. The van der Waals surface area contributed by atoms with E-state index in [0.29, 0.717) is 13.2 Å². The van der Waals surface area contributed by atoms with E-state index in [4.69, 9.17) is 19.7 Å². The van der Waals surface area contributed by atoms with E-state index in [0.717, 1.165) is 62.2 Å². The highest BCUT2D eigenvalue weighted by Crippen LogP contribution is 2.37. The third-order valence-corrected chi connectivity index (χ3v) is 6.33. The number of benzene rings is 1. The zero-order chi connectivity index (χ0) is 22.4. The molecular weight excluding hydrogens is 412 g/mol. The second-order valence-electron chi connectivity index (χ2n) is 8.55. The number of para-hydroxylation sites is 1. The zero-order valence-electron chi connectivity index (χ0n) is 18.6. The molecule has 0 saturated carbocycles. The lowest BCUT2D eigenvalue weighted by atomic mass is 9.97. The SMILES string of the molecule is Cc1cnc(-c2ccn[nH]2)c2nc(N3CCOC[C@H]3C)cc(-c3cnc4ccccc4c3)c12. The average Bonchev–Trinajstić information content (AvgIpc) is 3.38. The standard InChI is InChI=1S/C26H24N6O/c1-16-13-28-25(22-7-8-29-31-22)26-24(16)20(12-23(30-26)32-9-10-33-15-17(32)2)19-11-18-5-3-4-6-21(18)27-14-19/h3-8,11-14,17H,9-10,15H2,1-2H3,(H,29,31)/t17-/m1/s1. The molecule has 0 bridgehead atoms. The fourth-order valence-electron chi connectivity index (χ4n) is 4.63. The molecule has 33 heavy (non-hydrogen) atoms. The number of nitrogens with one attached hydrogen (secondary N) is 1. The molecule has 0 unspecified atom stereocenters. The molecule has 7 heteroatoms. The number of H-pyrrole nitrogens is 1. The summed E-state index contributed by atoms with van der Waals surface area (Å²) >= 11 is 0. The highest BCUT2D eigenvalue weighted by molar-refractivity contribution is 6.04. The van der Waals surface area contributed by atoms with Crippen molar-refractivity contribution in [3.05, 3.63) is 66.6 Å². The van der Waals surface area contributed by atoms with Gasteiger partial charge in [0, 0.05) is 41.5 Å². The largest absolute Gasteiger partial charge is 0.377 e. The summed E-state index contributed by atoms with van der Waals surface area (Å²) < 4.78 is 5.68. The molecule has 0 amide bonds. The second kappa shape index (κ2) is 7.94. The number of pyridine rings is 3. The molecule has 0 radical (unpaired) electrons. The van der Waals surface area contributed by atoms with Crippen LogP contribution in [0.2, 0.25) is 0 Å². The van der Waals surface area contributed by atoms with Gasteiger partial charge in [0.15, 0.2) is 0 Å². The Morgan fingerprint density at radius 1 is 1.09 bits per heavy atom. The Morgan fingerprint density at radius 3 is 2.85 bits per heavy atom. The molecule has 5 heterocycles. The number of aryl methyl sites for hydroxylation is 1. The van der Waals surface area contributed by atoms with Crippen LogP contribution in [0.3, 0.4) is 0 Å². The van der Waals surface area contributed by atoms with Gasteiger partial charge in [0.05, 0.1) is 30.5 Å². The predicted molar refractivity (Wildman–Crippen MR) is 130 cm³/mol. The van der Waals surface area contributed by atoms with Crippen LogP contribution in [0, 0.1) is 6.92 Å². The maximum Gasteiger partial charge on any atom is 0.130 e. The van der Waals surface area contributed by atoms with Gasteiger partial charge in [-0.05, 0) is 49.2 Å². The van der Waals surface area contributed by atoms with E-state index < -0.39 is 0 Å². The molecule has 1 fully saturated rings. The van der Waals surface area contributed by atoms with Gasteiger partial charge < -0.3 is 9.64 Å². The van der Waals surface area contributed by atoms with E-state index in [1.165, 1.54) is 0 Å². The Hall–Kier alpha value is -3.84. The molecule has 1 aliphatic heterocycles. The van der Waals surface area contributed by atoms with Crippen LogP contribution in [0.25, 0.3) is 44.3 Å². The number of anilines is 1. The topological polar surface area (TPSA) is 79.8 Å². The number of hydrogen-bond donors (Lipinski definition) is 1. The van der Waals surface area contributed by atoms with Crippen molar-refractivity contribution < 1.29 is 4.74 Å². The van der Waals surface area contributed by atoms with Gasteiger partial charge in [-0.1, -0.05) is 18.2 Å². The average molecular weight is 437 g/mol. The van der Waals surface area contributed by atoms with Crippen LogP contribution in [0.5, 0.6) is 0 Å². The summed E-state index contributed by atoms with van der Waals surface area (Å²) in [7, 11) is 0. The highest BCUT2D eigenvalue weighted by Gasteiger charge is 2.24. The van der Waals surface area contributed by atoms with Crippen LogP contribution in [0.1, 0.15) is 12.5 Å². The predicted octanol–water partition coefficient (Wildman–Crippen LogP) is 4.77. The Labute approximate surface area is 191 Å². The Morgan fingerprint density at radius 2 is 2.00 bits per heavy atom. The molecular formula is C26H24N6O. The lowest BCUT2D eigenvalue weighted by molar-refractivity contribution is 0.0986. The summed E-state index contributed by atoms with van der Waals surface area (Å²) in [6.45, 7) is 6.44. The minimum atomic E-state index is 0.236. The maximum atomic E-state index is 5.68. The van der Waals surface area contributed by atoms with Gasteiger partial charge in [-0.15, -0.1) is 0 Å². The van der Waals surface area contributed by atoms with E-state index in [1.54, 1.807) is 6.20 Å². The Kier molecular flexibility index (Phi) is 4.77. The van der Waals surface area contributed by atoms with Crippen molar-refractivity contribution in [3.8, 4) is 22.5 Å². The van der Waals surface area contributed by atoms with Crippen LogP contribution in [0.4, 0.5) is 5.82 Å². The van der Waals surface area contributed by atoms with Gasteiger partial charge in [-0.3, -0.25) is 15.1 Å². The third-order valence-electron chi connectivity index (χ3n) is 6.33. The zero-order valence-corrected chi connectivity index (χ0v) is 18.6. The molecule has 4 aromatic heterocycles. The van der Waals surface area contributed by atoms with Crippen molar-refractivity contribution in [1.82, 2.24) is 25.1 Å². The first-order valence-corrected chi connectivity index (χ1v) is 11.2. The fourth-order valence-corrected chi connectivity index (χ4v) is 4.63. The Balaban J connectivity index is 1.66. The molecule has 0 aliphatic carbocycles. The minimum absolute atomic E-state index is 0.236. The van der Waals surface area contributed by atoms with Crippen LogP contribution in [-0.2, 0) is 4.74 Å². The third kappa shape index (κ3) is 3.41. The molecule has 1 N–H and O–H groups in total. The van der Waals surface area contributed by atoms with Gasteiger partial charge in [0.25, 0.3) is 0 Å². The summed E-state index contributed by atoms with van der Waals surface area (Å²) in [5, 5.41) is 9.39. The van der Waals surface area contributed by atoms with E-state index in [1.807, 2.05) is 36.7 Å². The first-order valence-electron chi connectivity index (χ1n) is 11.2. The molecule has 0 spiro atoms. The molecule has 7 nitrogen and oxygen atoms in total. The van der Waals surface area contributed by atoms with Gasteiger partial charge in [-0.2, -0.15) is 5.10 Å². The maximum absolute atomic E-state index is 5.68. The van der Waals surface area contributed by atoms with E-state index >= 15 is 0 Å². The molecule has 1 aliphatic rings. The van der Waals surface area contributed by atoms with Crippen LogP contribution in [-0.4, -0.2) is 50.9 Å². The number of fused-ring (bicyclic) bond motifs is 2. The second-order valence-corrected chi connectivity index (χ2v) is 8.55. The molecule has 1 aromatic carbocycles. The van der Waals surface area contributed by atoms with Gasteiger partial charge in [0.1, 0.15) is 17.0 Å². The lowest BCUT2D eigenvalue weighted by Gasteiger charge is -2.34. The minimum Gasteiger partial charge on any atom is -0.377 e. The van der Waals surface area contributed by atoms with Crippen LogP contribution >= 0.6 is 0 Å². The van der Waals surface area contributed by atoms with Crippen molar-refractivity contribution in [2.24, 2.45) is 0 Å². The monoisotopic (exact) mass is 436 g/mol. The number of ether oxygens (including phenoxy) is 1. The van der Waals surface area contributed by atoms with Crippen molar-refractivity contribution in [1.29, 1.82) is 0 Å². The lowest BCUT2D eigenvalue weighted by Crippen LogP contribution is -2.44. The van der Waals surface area contributed by atoms with E-state index in [2.05, 4.69) is 47.1 Å². The van der Waals surface area contributed by atoms with Crippen LogP contribution in [0.15, 0.2) is 61.1 Å². The first kappa shape index (κ1) is 19.8. The van der Waals surface area contributed by atoms with Crippen molar-refractivity contribution >= 4 is 27.6 Å². The molecule has 164 valence electrons. The van der Waals surface area contributed by atoms with Gasteiger partial charge >= 0.3 is 0 Å². The first-order chi connectivity index (χ1) is 16.2. The quantitative estimate of drug-likeness (QED) is 0.439. The van der Waals surface area contributed by atoms with Gasteiger partial charge in [0.2, 0.25) is 0 Å². The van der Waals surface area contributed by atoms with Crippen molar-refractivity contribution in [2.45, 2.75) is 19.9 Å². The summed E-state index contributed by atoms with van der Waals surface area (Å²) in [5.74, 6) is 0.926. The smallest absolute Gasteiger partial charge is 0.130 e. The highest BCUT2D eigenvalue weighted by atomic mass is 16.5. The van der Waals surface area contributed by atoms with Crippen LogP contribution < -0.4 is 4.90 Å². The number of nitrogens with zero attached hydrogens (tertiary/aromatic N) is 5. The summed E-state index contributed by atoms with van der Waals surface area (Å²) in [6.07, 6.45) is 5.61. The van der Waals surface area contributed by atoms with Gasteiger partial charge in [-0.25, -0.2) is 4.98 Å². The number of aromatic nitrogens is 5. The summed E-state index contributed by atoms with van der Waals surface area (Å²) in [5.41, 5.74) is 6.73.